The molecule has 4 heteroatoms. The number of morpholine rings is 1. The van der Waals surface area contributed by atoms with Crippen LogP contribution < -0.4 is 0 Å². The van der Waals surface area contributed by atoms with Crippen LogP contribution in [-0.4, -0.2) is 40.5 Å². The molecule has 1 fully saturated rings. The van der Waals surface area contributed by atoms with Gasteiger partial charge in [0.2, 0.25) is 0 Å². The summed E-state index contributed by atoms with van der Waals surface area (Å²) in [6.07, 6.45) is 4.00. The summed E-state index contributed by atoms with van der Waals surface area (Å²) in [7, 11) is 1.95. The molecule has 0 saturated carbocycles. The van der Waals surface area contributed by atoms with E-state index in [1.165, 1.54) is 5.56 Å². The van der Waals surface area contributed by atoms with Gasteiger partial charge >= 0.3 is 0 Å². The number of ether oxygens (including phenoxy) is 1. The third-order valence-corrected chi connectivity index (χ3v) is 2.65. The van der Waals surface area contributed by atoms with Gasteiger partial charge in [0, 0.05) is 37.9 Å². The number of hydrogen-bond acceptors (Lipinski definition) is 3. The van der Waals surface area contributed by atoms with Crippen molar-refractivity contribution in [2.75, 3.05) is 19.8 Å². The Morgan fingerprint density at radius 1 is 1.64 bits per heavy atom. The van der Waals surface area contributed by atoms with Crippen molar-refractivity contribution in [1.82, 2.24) is 14.7 Å². The lowest BCUT2D eigenvalue weighted by atomic mass is 10.2. The molecule has 1 aromatic heterocycles. The van der Waals surface area contributed by atoms with Crippen LogP contribution in [0.25, 0.3) is 0 Å². The molecule has 0 radical (unpaired) electrons. The van der Waals surface area contributed by atoms with Gasteiger partial charge in [-0.25, -0.2) is 0 Å². The van der Waals surface area contributed by atoms with Crippen molar-refractivity contribution in [3.05, 3.63) is 18.0 Å². The predicted octanol–water partition coefficient (Wildman–Crippen LogP) is 0.641. The number of nitrogens with zero attached hydrogens (tertiary/aromatic N) is 3. The smallest absolute Gasteiger partial charge is 0.0619 e. The molecule has 1 atom stereocenters. The fourth-order valence-electron chi connectivity index (χ4n) is 1.78. The monoisotopic (exact) mass is 195 g/mol. The summed E-state index contributed by atoms with van der Waals surface area (Å²) in [6.45, 7) is 5.91. The van der Waals surface area contributed by atoms with Gasteiger partial charge in [0.15, 0.2) is 0 Å². The summed E-state index contributed by atoms with van der Waals surface area (Å²) in [5.74, 6) is 0. The Hall–Kier alpha value is -0.870. The standard InChI is InChI=1S/C10H17N3O/c1-9-8-14-4-3-13(9)7-10-5-11-12(2)6-10/h5-6,9H,3-4,7-8H2,1-2H3/t9-/m1/s1. The highest BCUT2D eigenvalue weighted by atomic mass is 16.5. The lowest BCUT2D eigenvalue weighted by Gasteiger charge is -2.32. The highest BCUT2D eigenvalue weighted by Gasteiger charge is 2.18. The number of rotatable bonds is 2. The average molecular weight is 195 g/mol. The maximum atomic E-state index is 5.39. The Labute approximate surface area is 84.5 Å². The maximum Gasteiger partial charge on any atom is 0.0619 e. The molecule has 1 aliphatic heterocycles. The SMILES string of the molecule is C[C@@H]1COCCN1Cc1cnn(C)c1. The zero-order chi connectivity index (χ0) is 9.97. The van der Waals surface area contributed by atoms with Crippen LogP contribution in [0.5, 0.6) is 0 Å². The van der Waals surface area contributed by atoms with Crippen molar-refractivity contribution in [1.29, 1.82) is 0 Å². The van der Waals surface area contributed by atoms with E-state index in [0.29, 0.717) is 6.04 Å². The molecule has 2 heterocycles. The molecule has 2 rings (SSSR count). The van der Waals surface area contributed by atoms with Crippen molar-refractivity contribution in [2.45, 2.75) is 19.5 Å². The third kappa shape index (κ3) is 2.13. The second kappa shape index (κ2) is 4.11. The van der Waals surface area contributed by atoms with Gasteiger partial charge < -0.3 is 4.74 Å². The van der Waals surface area contributed by atoms with Crippen molar-refractivity contribution < 1.29 is 4.74 Å². The highest BCUT2D eigenvalue weighted by Crippen LogP contribution is 2.10. The van der Waals surface area contributed by atoms with E-state index >= 15 is 0 Å². The molecule has 78 valence electrons. The van der Waals surface area contributed by atoms with Gasteiger partial charge in [0.1, 0.15) is 0 Å². The van der Waals surface area contributed by atoms with Gasteiger partial charge in [-0.1, -0.05) is 0 Å². The minimum Gasteiger partial charge on any atom is -0.379 e. The van der Waals surface area contributed by atoms with Crippen LogP contribution >= 0.6 is 0 Å². The molecule has 1 aliphatic rings. The van der Waals surface area contributed by atoms with Gasteiger partial charge in [-0.2, -0.15) is 5.10 Å². The minimum absolute atomic E-state index is 0.518. The zero-order valence-corrected chi connectivity index (χ0v) is 8.81. The van der Waals surface area contributed by atoms with Gasteiger partial charge in [-0.05, 0) is 6.92 Å². The van der Waals surface area contributed by atoms with Gasteiger partial charge in [0.05, 0.1) is 19.4 Å². The van der Waals surface area contributed by atoms with Crippen molar-refractivity contribution in [3.63, 3.8) is 0 Å². The van der Waals surface area contributed by atoms with E-state index in [0.717, 1.165) is 26.3 Å². The average Bonchev–Trinajstić information content (AvgIpc) is 2.56. The van der Waals surface area contributed by atoms with E-state index in [1.807, 2.05) is 17.9 Å². The van der Waals surface area contributed by atoms with E-state index in [1.54, 1.807) is 0 Å². The first kappa shape index (κ1) is 9.68. The second-order valence-corrected chi connectivity index (χ2v) is 3.92. The Kier molecular flexibility index (Phi) is 2.84. The summed E-state index contributed by atoms with van der Waals surface area (Å²) < 4.78 is 7.24. The van der Waals surface area contributed by atoms with Crippen molar-refractivity contribution in [2.24, 2.45) is 7.05 Å². The largest absolute Gasteiger partial charge is 0.379 e. The number of aromatic nitrogens is 2. The normalized spacial score (nSPS) is 24.0. The molecule has 0 N–H and O–H groups in total. The topological polar surface area (TPSA) is 30.3 Å². The molecule has 0 aliphatic carbocycles. The molecule has 1 saturated heterocycles. The fraction of sp³-hybridized carbons (Fsp3) is 0.700. The van der Waals surface area contributed by atoms with Gasteiger partial charge in [-0.15, -0.1) is 0 Å². The molecular weight excluding hydrogens is 178 g/mol. The summed E-state index contributed by atoms with van der Waals surface area (Å²) >= 11 is 0. The van der Waals surface area contributed by atoms with E-state index in [9.17, 15) is 0 Å². The van der Waals surface area contributed by atoms with Crippen LogP contribution in [-0.2, 0) is 18.3 Å². The van der Waals surface area contributed by atoms with E-state index in [4.69, 9.17) is 4.74 Å². The molecule has 4 nitrogen and oxygen atoms in total. The number of hydrogen-bond donors (Lipinski definition) is 0. The summed E-state index contributed by atoms with van der Waals surface area (Å²) in [4.78, 5) is 2.43. The van der Waals surface area contributed by atoms with Crippen LogP contribution in [0, 0.1) is 0 Å². The van der Waals surface area contributed by atoms with Crippen LogP contribution in [0.15, 0.2) is 12.4 Å². The Morgan fingerprint density at radius 2 is 2.50 bits per heavy atom. The van der Waals surface area contributed by atoms with Gasteiger partial charge in [0.25, 0.3) is 0 Å². The second-order valence-electron chi connectivity index (χ2n) is 3.92. The lowest BCUT2D eigenvalue weighted by molar-refractivity contribution is -0.00437. The van der Waals surface area contributed by atoms with Crippen LogP contribution in [0.1, 0.15) is 12.5 Å². The summed E-state index contributed by atoms with van der Waals surface area (Å²) in [5.41, 5.74) is 1.28. The number of aryl methyl sites for hydroxylation is 1. The van der Waals surface area contributed by atoms with Crippen LogP contribution in [0.4, 0.5) is 0 Å². The lowest BCUT2D eigenvalue weighted by Crippen LogP contribution is -2.42. The first-order valence-corrected chi connectivity index (χ1v) is 5.05. The molecule has 0 bridgehead atoms. The summed E-state index contributed by atoms with van der Waals surface area (Å²) in [6, 6.07) is 0.518. The van der Waals surface area contributed by atoms with E-state index in [2.05, 4.69) is 23.1 Å². The molecule has 0 spiro atoms. The van der Waals surface area contributed by atoms with Gasteiger partial charge in [-0.3, -0.25) is 9.58 Å². The van der Waals surface area contributed by atoms with Crippen molar-refractivity contribution in [3.8, 4) is 0 Å². The molecule has 0 amide bonds. The Balaban J connectivity index is 1.95. The maximum absolute atomic E-state index is 5.39. The first-order valence-electron chi connectivity index (χ1n) is 5.05. The van der Waals surface area contributed by atoms with Crippen LogP contribution in [0.2, 0.25) is 0 Å². The zero-order valence-electron chi connectivity index (χ0n) is 8.81. The predicted molar refractivity (Wildman–Crippen MR) is 53.9 cm³/mol. The summed E-state index contributed by atoms with van der Waals surface area (Å²) in [5, 5.41) is 4.17. The molecular formula is C10H17N3O. The Morgan fingerprint density at radius 3 is 3.14 bits per heavy atom. The molecule has 1 aromatic rings. The first-order chi connectivity index (χ1) is 6.75. The third-order valence-electron chi connectivity index (χ3n) is 2.65. The van der Waals surface area contributed by atoms with E-state index < -0.39 is 0 Å². The quantitative estimate of drug-likeness (QED) is 0.694. The minimum atomic E-state index is 0.518. The Bertz CT molecular complexity index is 297. The van der Waals surface area contributed by atoms with Crippen LogP contribution in [0.3, 0.4) is 0 Å². The van der Waals surface area contributed by atoms with Crippen molar-refractivity contribution >= 4 is 0 Å². The fourth-order valence-corrected chi connectivity index (χ4v) is 1.78. The van der Waals surface area contributed by atoms with E-state index in [-0.39, 0.29) is 0 Å². The highest BCUT2D eigenvalue weighted by molar-refractivity contribution is 5.03. The molecule has 0 aromatic carbocycles. The molecule has 0 unspecified atom stereocenters. The molecule has 14 heavy (non-hydrogen) atoms.